The van der Waals surface area contributed by atoms with Crippen molar-refractivity contribution >= 4 is 32.7 Å². The van der Waals surface area contributed by atoms with Gasteiger partial charge in [0.2, 0.25) is 5.95 Å². The van der Waals surface area contributed by atoms with E-state index in [1.165, 1.54) is 33.4 Å². The SMILES string of the molecule is c1ccc(-c2ccc(-c3nc(-n4c5ccccc5c5ccc6c(c54)Oc4ccccc4C64c5ccccc5-c5ccccc54)nc4ccccc34)cc2)cc1. The van der Waals surface area contributed by atoms with E-state index in [2.05, 4.69) is 180 Å². The fraction of sp³-hybridized carbons (Fsp3) is 0.0196. The molecule has 55 heavy (non-hydrogen) atoms. The maximum Gasteiger partial charge on any atom is 0.235 e. The molecule has 0 saturated carbocycles. The van der Waals surface area contributed by atoms with Gasteiger partial charge in [-0.15, -0.1) is 0 Å². The third kappa shape index (κ3) is 4.11. The number of benzene rings is 8. The number of ether oxygens (including phenoxy) is 1. The number of rotatable bonds is 3. The molecule has 10 aromatic rings. The molecule has 256 valence electrons. The average Bonchev–Trinajstić information content (AvgIpc) is 3.75. The van der Waals surface area contributed by atoms with Crippen LogP contribution in [0.25, 0.3) is 72.2 Å². The van der Waals surface area contributed by atoms with Gasteiger partial charge in [0, 0.05) is 32.8 Å². The Labute approximate surface area is 317 Å². The van der Waals surface area contributed by atoms with Gasteiger partial charge in [-0.2, -0.15) is 0 Å². The highest BCUT2D eigenvalue weighted by Gasteiger charge is 2.51. The van der Waals surface area contributed by atoms with Gasteiger partial charge < -0.3 is 4.74 Å². The maximum absolute atomic E-state index is 7.18. The Balaban J connectivity index is 1.17. The molecular weight excluding hydrogens is 671 g/mol. The molecule has 4 heteroatoms. The van der Waals surface area contributed by atoms with Crippen LogP contribution in [-0.4, -0.2) is 14.5 Å². The fourth-order valence-electron chi connectivity index (χ4n) is 9.41. The summed E-state index contributed by atoms with van der Waals surface area (Å²) in [4.78, 5) is 10.8. The van der Waals surface area contributed by atoms with Crippen molar-refractivity contribution in [1.82, 2.24) is 14.5 Å². The van der Waals surface area contributed by atoms with Crippen molar-refractivity contribution in [3.8, 4) is 51.0 Å². The number of hydrogen-bond donors (Lipinski definition) is 0. The summed E-state index contributed by atoms with van der Waals surface area (Å²) in [5.74, 6) is 2.28. The molecule has 8 aromatic carbocycles. The second-order valence-electron chi connectivity index (χ2n) is 14.5. The molecule has 12 rings (SSSR count). The zero-order valence-corrected chi connectivity index (χ0v) is 29.6. The van der Waals surface area contributed by atoms with Gasteiger partial charge in [0.25, 0.3) is 0 Å². The standard InChI is InChI=1S/C51H31N3O/c1-2-14-32(15-3-1)33-26-28-34(29-27-33)47-39-19-6-11-23-44(39)52-50(53-47)54-45-24-12-7-18-37(45)38-30-31-43-49(48(38)54)55-46-25-13-10-22-42(46)51(43)40-20-8-4-16-35(40)36-17-5-9-21-41(36)51/h1-31H. The number of aromatic nitrogens is 3. The summed E-state index contributed by atoms with van der Waals surface area (Å²) in [6.07, 6.45) is 0. The number of fused-ring (bicyclic) bond motifs is 14. The number of para-hydroxylation sites is 3. The van der Waals surface area contributed by atoms with E-state index in [4.69, 9.17) is 14.7 Å². The summed E-state index contributed by atoms with van der Waals surface area (Å²) in [5, 5.41) is 3.22. The van der Waals surface area contributed by atoms with E-state index in [-0.39, 0.29) is 0 Å². The largest absolute Gasteiger partial charge is 0.454 e. The van der Waals surface area contributed by atoms with Crippen molar-refractivity contribution in [1.29, 1.82) is 0 Å². The molecular formula is C51H31N3O. The molecule has 1 aliphatic carbocycles. The second kappa shape index (κ2) is 11.3. The highest BCUT2D eigenvalue weighted by atomic mass is 16.5. The lowest BCUT2D eigenvalue weighted by molar-refractivity contribution is 0.440. The average molecular weight is 702 g/mol. The number of hydrogen-bond acceptors (Lipinski definition) is 3. The van der Waals surface area contributed by atoms with Gasteiger partial charge in [-0.3, -0.25) is 4.57 Å². The molecule has 0 radical (unpaired) electrons. The van der Waals surface area contributed by atoms with Crippen LogP contribution in [0.1, 0.15) is 22.3 Å². The molecule has 0 bridgehead atoms. The van der Waals surface area contributed by atoms with E-state index < -0.39 is 5.41 Å². The zero-order chi connectivity index (χ0) is 36.1. The Hall–Kier alpha value is -7.30. The summed E-state index contributed by atoms with van der Waals surface area (Å²) < 4.78 is 9.41. The maximum atomic E-state index is 7.18. The minimum Gasteiger partial charge on any atom is -0.454 e. The highest BCUT2D eigenvalue weighted by Crippen LogP contribution is 2.63. The number of nitrogens with zero attached hydrogens (tertiary/aromatic N) is 3. The van der Waals surface area contributed by atoms with Crippen molar-refractivity contribution in [3.05, 3.63) is 210 Å². The van der Waals surface area contributed by atoms with Gasteiger partial charge in [-0.25, -0.2) is 9.97 Å². The van der Waals surface area contributed by atoms with E-state index in [9.17, 15) is 0 Å². The van der Waals surface area contributed by atoms with Crippen molar-refractivity contribution in [2.45, 2.75) is 5.41 Å². The molecule has 0 N–H and O–H groups in total. The molecule has 0 unspecified atom stereocenters. The van der Waals surface area contributed by atoms with Crippen molar-refractivity contribution in [2.75, 3.05) is 0 Å². The summed E-state index contributed by atoms with van der Waals surface area (Å²) in [5.41, 5.74) is 13.8. The third-order valence-corrected chi connectivity index (χ3v) is 11.7. The Morgan fingerprint density at radius 3 is 1.80 bits per heavy atom. The third-order valence-electron chi connectivity index (χ3n) is 11.7. The van der Waals surface area contributed by atoms with Gasteiger partial charge >= 0.3 is 0 Å². The van der Waals surface area contributed by atoms with E-state index in [1.54, 1.807) is 0 Å². The minimum atomic E-state index is -0.581. The first-order valence-electron chi connectivity index (χ1n) is 18.8. The van der Waals surface area contributed by atoms with E-state index >= 15 is 0 Å². The van der Waals surface area contributed by atoms with Crippen LogP contribution in [0.3, 0.4) is 0 Å². The first kappa shape index (κ1) is 30.2. The van der Waals surface area contributed by atoms with Crippen LogP contribution in [0.4, 0.5) is 0 Å². The van der Waals surface area contributed by atoms with E-state index in [0.29, 0.717) is 5.95 Å². The smallest absolute Gasteiger partial charge is 0.235 e. The lowest BCUT2D eigenvalue weighted by Crippen LogP contribution is -2.32. The quantitative estimate of drug-likeness (QED) is 0.184. The lowest BCUT2D eigenvalue weighted by atomic mass is 9.66. The van der Waals surface area contributed by atoms with E-state index in [0.717, 1.165) is 66.6 Å². The van der Waals surface area contributed by atoms with Gasteiger partial charge in [0.1, 0.15) is 11.3 Å². The van der Waals surface area contributed by atoms with Gasteiger partial charge in [0.05, 0.1) is 22.1 Å². The summed E-state index contributed by atoms with van der Waals surface area (Å²) in [7, 11) is 0. The summed E-state index contributed by atoms with van der Waals surface area (Å²) in [6.45, 7) is 0. The fourth-order valence-corrected chi connectivity index (χ4v) is 9.41. The Morgan fingerprint density at radius 1 is 0.418 bits per heavy atom. The molecule has 1 aliphatic heterocycles. The summed E-state index contributed by atoms with van der Waals surface area (Å²) >= 11 is 0. The zero-order valence-electron chi connectivity index (χ0n) is 29.6. The molecule has 0 amide bonds. The Morgan fingerprint density at radius 2 is 1.02 bits per heavy atom. The minimum absolute atomic E-state index is 0.581. The van der Waals surface area contributed by atoms with Crippen LogP contribution in [0, 0.1) is 0 Å². The van der Waals surface area contributed by atoms with Crippen LogP contribution in [-0.2, 0) is 5.41 Å². The van der Waals surface area contributed by atoms with E-state index in [1.807, 2.05) is 12.1 Å². The van der Waals surface area contributed by atoms with Gasteiger partial charge in [-0.05, 0) is 51.6 Å². The predicted molar refractivity (Wildman–Crippen MR) is 222 cm³/mol. The second-order valence-corrected chi connectivity index (χ2v) is 14.5. The molecule has 0 saturated heterocycles. The monoisotopic (exact) mass is 701 g/mol. The summed E-state index contributed by atoms with van der Waals surface area (Å²) in [6, 6.07) is 66.9. The molecule has 0 fully saturated rings. The van der Waals surface area contributed by atoms with Crippen molar-refractivity contribution in [3.63, 3.8) is 0 Å². The lowest BCUT2D eigenvalue weighted by Gasteiger charge is -2.39. The van der Waals surface area contributed by atoms with Crippen LogP contribution in [0.15, 0.2) is 188 Å². The van der Waals surface area contributed by atoms with Crippen molar-refractivity contribution < 1.29 is 4.74 Å². The van der Waals surface area contributed by atoms with Crippen LogP contribution in [0.2, 0.25) is 0 Å². The molecule has 0 atom stereocenters. The highest BCUT2D eigenvalue weighted by molar-refractivity contribution is 6.12. The normalized spacial score (nSPS) is 13.4. The van der Waals surface area contributed by atoms with Gasteiger partial charge in [-0.1, -0.05) is 170 Å². The molecule has 1 spiro atoms. The Bertz CT molecular complexity index is 3130. The first-order valence-corrected chi connectivity index (χ1v) is 18.8. The molecule has 2 aromatic heterocycles. The Kier molecular flexibility index (Phi) is 6.23. The van der Waals surface area contributed by atoms with Crippen LogP contribution < -0.4 is 4.74 Å². The molecule has 2 aliphatic rings. The van der Waals surface area contributed by atoms with Crippen LogP contribution >= 0.6 is 0 Å². The first-order chi connectivity index (χ1) is 27.3. The predicted octanol–water partition coefficient (Wildman–Crippen LogP) is 12.5. The molecule has 4 nitrogen and oxygen atoms in total. The molecule has 3 heterocycles. The van der Waals surface area contributed by atoms with Crippen molar-refractivity contribution in [2.24, 2.45) is 0 Å². The topological polar surface area (TPSA) is 39.9 Å². The van der Waals surface area contributed by atoms with Crippen LogP contribution in [0.5, 0.6) is 11.5 Å². The van der Waals surface area contributed by atoms with Gasteiger partial charge in [0.15, 0.2) is 5.75 Å².